The van der Waals surface area contributed by atoms with Gasteiger partial charge in [0.15, 0.2) is 5.78 Å². The Morgan fingerprint density at radius 3 is 2.39 bits per heavy atom. The van der Waals surface area contributed by atoms with Gasteiger partial charge in [0.05, 0.1) is 19.2 Å². The standard InChI is InChI=1S/C23H21NO3S/c1-16(25)17-12-13-21(27-2)18(14-17)15-23(26)24-20-10-6-7-11-22(20)28-19-8-4-3-5-9-19/h3-14H,15H2,1-2H3,(H,24,26). The Labute approximate surface area is 168 Å². The Kier molecular flexibility index (Phi) is 6.50. The van der Waals surface area contributed by atoms with Crippen molar-refractivity contribution in [1.82, 2.24) is 0 Å². The molecule has 0 aromatic heterocycles. The molecule has 3 aromatic carbocycles. The SMILES string of the molecule is COc1ccc(C(C)=O)cc1CC(=O)Nc1ccccc1Sc1ccccc1. The molecule has 0 aliphatic heterocycles. The molecule has 0 saturated carbocycles. The van der Waals surface area contributed by atoms with E-state index in [1.54, 1.807) is 37.1 Å². The van der Waals surface area contributed by atoms with Crippen LogP contribution in [0.2, 0.25) is 0 Å². The zero-order valence-electron chi connectivity index (χ0n) is 15.8. The Hall–Kier alpha value is -3.05. The molecule has 0 bridgehead atoms. The van der Waals surface area contributed by atoms with Crippen molar-refractivity contribution in [2.24, 2.45) is 0 Å². The van der Waals surface area contributed by atoms with E-state index in [9.17, 15) is 9.59 Å². The lowest BCUT2D eigenvalue weighted by atomic mass is 10.0. The molecule has 0 atom stereocenters. The van der Waals surface area contributed by atoms with Gasteiger partial charge in [-0.2, -0.15) is 0 Å². The number of rotatable bonds is 7. The number of carbonyl (C=O) groups excluding carboxylic acids is 2. The van der Waals surface area contributed by atoms with Gasteiger partial charge >= 0.3 is 0 Å². The van der Waals surface area contributed by atoms with Crippen molar-refractivity contribution in [1.29, 1.82) is 0 Å². The van der Waals surface area contributed by atoms with Gasteiger partial charge in [-0.25, -0.2) is 0 Å². The first kappa shape index (κ1) is 19.7. The normalized spacial score (nSPS) is 10.4. The number of carbonyl (C=O) groups is 2. The first-order valence-corrected chi connectivity index (χ1v) is 9.68. The van der Waals surface area contributed by atoms with Gasteiger partial charge in [-0.3, -0.25) is 9.59 Å². The van der Waals surface area contributed by atoms with E-state index in [-0.39, 0.29) is 18.1 Å². The van der Waals surface area contributed by atoms with Crippen LogP contribution in [-0.4, -0.2) is 18.8 Å². The molecule has 0 radical (unpaired) electrons. The second-order valence-corrected chi connectivity index (χ2v) is 7.33. The minimum atomic E-state index is -0.167. The van der Waals surface area contributed by atoms with E-state index in [1.807, 2.05) is 54.6 Å². The predicted octanol–water partition coefficient (Wildman–Crippen LogP) is 5.23. The van der Waals surface area contributed by atoms with Gasteiger partial charge in [-0.15, -0.1) is 0 Å². The second kappa shape index (κ2) is 9.24. The molecule has 1 N–H and O–H groups in total. The Morgan fingerprint density at radius 2 is 1.68 bits per heavy atom. The largest absolute Gasteiger partial charge is 0.496 e. The van der Waals surface area contributed by atoms with Crippen molar-refractivity contribution in [3.63, 3.8) is 0 Å². The molecule has 1 amide bonds. The molecule has 5 heteroatoms. The molecule has 142 valence electrons. The molecule has 3 aromatic rings. The van der Waals surface area contributed by atoms with Gasteiger partial charge in [0.1, 0.15) is 5.75 Å². The molecule has 0 fully saturated rings. The minimum absolute atomic E-state index is 0.0473. The average Bonchev–Trinajstić information content (AvgIpc) is 2.70. The summed E-state index contributed by atoms with van der Waals surface area (Å²) >= 11 is 1.59. The highest BCUT2D eigenvalue weighted by Gasteiger charge is 2.13. The quantitative estimate of drug-likeness (QED) is 0.560. The third-order valence-electron chi connectivity index (χ3n) is 4.17. The number of anilines is 1. The van der Waals surface area contributed by atoms with Crippen molar-refractivity contribution in [3.05, 3.63) is 83.9 Å². The highest BCUT2D eigenvalue weighted by molar-refractivity contribution is 7.99. The predicted molar refractivity (Wildman–Crippen MR) is 112 cm³/mol. The van der Waals surface area contributed by atoms with Crippen LogP contribution >= 0.6 is 11.8 Å². The number of Topliss-reactive ketones (excluding diaryl/α,β-unsaturated/α-hetero) is 1. The average molecular weight is 391 g/mol. The zero-order chi connectivity index (χ0) is 19.9. The lowest BCUT2D eigenvalue weighted by Crippen LogP contribution is -2.15. The van der Waals surface area contributed by atoms with Crippen LogP contribution in [0.3, 0.4) is 0 Å². The number of benzene rings is 3. The van der Waals surface area contributed by atoms with Crippen LogP contribution in [0.25, 0.3) is 0 Å². The zero-order valence-corrected chi connectivity index (χ0v) is 16.6. The Balaban J connectivity index is 1.77. The fraction of sp³-hybridized carbons (Fsp3) is 0.130. The molecular weight excluding hydrogens is 370 g/mol. The van der Waals surface area contributed by atoms with E-state index < -0.39 is 0 Å². The van der Waals surface area contributed by atoms with Crippen LogP contribution in [0.4, 0.5) is 5.69 Å². The van der Waals surface area contributed by atoms with Gasteiger partial charge in [-0.1, -0.05) is 42.1 Å². The van der Waals surface area contributed by atoms with E-state index in [2.05, 4.69) is 5.32 Å². The fourth-order valence-electron chi connectivity index (χ4n) is 2.78. The summed E-state index contributed by atoms with van der Waals surface area (Å²) in [5.74, 6) is 0.376. The number of ketones is 1. The van der Waals surface area contributed by atoms with Crippen LogP contribution in [0.15, 0.2) is 82.6 Å². The van der Waals surface area contributed by atoms with Crippen LogP contribution in [0.1, 0.15) is 22.8 Å². The topological polar surface area (TPSA) is 55.4 Å². The minimum Gasteiger partial charge on any atom is -0.496 e. The van der Waals surface area contributed by atoms with Gasteiger partial charge in [0.2, 0.25) is 5.91 Å². The monoisotopic (exact) mass is 391 g/mol. The molecule has 0 aliphatic carbocycles. The Bertz CT molecular complexity index is 986. The second-order valence-electron chi connectivity index (χ2n) is 6.22. The lowest BCUT2D eigenvalue weighted by molar-refractivity contribution is -0.115. The fourth-order valence-corrected chi connectivity index (χ4v) is 3.70. The molecular formula is C23H21NO3S. The molecule has 0 heterocycles. The van der Waals surface area contributed by atoms with Crippen molar-refractivity contribution >= 4 is 29.1 Å². The number of hydrogen-bond acceptors (Lipinski definition) is 4. The molecule has 4 nitrogen and oxygen atoms in total. The summed E-state index contributed by atoms with van der Waals surface area (Å²) in [6, 6.07) is 22.8. The van der Waals surface area contributed by atoms with E-state index >= 15 is 0 Å². The number of nitrogens with one attached hydrogen (secondary N) is 1. The molecule has 0 unspecified atom stereocenters. The molecule has 0 saturated heterocycles. The van der Waals surface area contributed by atoms with E-state index in [1.165, 1.54) is 6.92 Å². The first-order chi connectivity index (χ1) is 13.6. The van der Waals surface area contributed by atoms with Gasteiger partial charge in [-0.05, 0) is 49.4 Å². The van der Waals surface area contributed by atoms with Crippen LogP contribution in [-0.2, 0) is 11.2 Å². The summed E-state index contributed by atoms with van der Waals surface area (Å²) in [4.78, 5) is 26.4. The molecule has 0 aliphatic rings. The number of para-hydroxylation sites is 1. The van der Waals surface area contributed by atoms with Crippen molar-refractivity contribution < 1.29 is 14.3 Å². The summed E-state index contributed by atoms with van der Waals surface area (Å²) < 4.78 is 5.34. The summed E-state index contributed by atoms with van der Waals surface area (Å²) in [6.45, 7) is 1.50. The van der Waals surface area contributed by atoms with Crippen molar-refractivity contribution in [2.75, 3.05) is 12.4 Å². The van der Waals surface area contributed by atoms with Crippen LogP contribution in [0, 0.1) is 0 Å². The number of ether oxygens (including phenoxy) is 1. The number of amides is 1. The maximum Gasteiger partial charge on any atom is 0.228 e. The highest BCUT2D eigenvalue weighted by Crippen LogP contribution is 2.33. The third-order valence-corrected chi connectivity index (χ3v) is 5.25. The molecule has 28 heavy (non-hydrogen) atoms. The van der Waals surface area contributed by atoms with E-state index in [0.717, 1.165) is 15.5 Å². The molecule has 3 rings (SSSR count). The van der Waals surface area contributed by atoms with Crippen LogP contribution in [0.5, 0.6) is 5.75 Å². The van der Waals surface area contributed by atoms with Crippen molar-refractivity contribution in [3.8, 4) is 5.75 Å². The van der Waals surface area contributed by atoms with Gasteiger partial charge in [0, 0.05) is 20.9 Å². The first-order valence-electron chi connectivity index (χ1n) is 8.86. The summed E-state index contributed by atoms with van der Waals surface area (Å²) in [5.41, 5.74) is 1.99. The Morgan fingerprint density at radius 1 is 0.964 bits per heavy atom. The molecule has 0 spiro atoms. The van der Waals surface area contributed by atoms with Gasteiger partial charge < -0.3 is 10.1 Å². The highest BCUT2D eigenvalue weighted by atomic mass is 32.2. The number of methoxy groups -OCH3 is 1. The van der Waals surface area contributed by atoms with E-state index in [0.29, 0.717) is 16.9 Å². The van der Waals surface area contributed by atoms with Crippen molar-refractivity contribution in [2.45, 2.75) is 23.1 Å². The summed E-state index contributed by atoms with van der Waals surface area (Å²) in [7, 11) is 1.55. The van der Waals surface area contributed by atoms with Crippen LogP contribution < -0.4 is 10.1 Å². The summed E-state index contributed by atoms with van der Waals surface area (Å²) in [6.07, 6.45) is 0.120. The maximum atomic E-state index is 12.7. The van der Waals surface area contributed by atoms with E-state index in [4.69, 9.17) is 4.74 Å². The lowest BCUT2D eigenvalue weighted by Gasteiger charge is -2.13. The number of hydrogen-bond donors (Lipinski definition) is 1. The summed E-state index contributed by atoms with van der Waals surface area (Å²) in [5, 5.41) is 2.98. The van der Waals surface area contributed by atoms with Gasteiger partial charge in [0.25, 0.3) is 0 Å². The maximum absolute atomic E-state index is 12.7. The smallest absolute Gasteiger partial charge is 0.228 e. The third kappa shape index (κ3) is 5.02.